The standard InChI is InChI=1S/C2HN7/c1-2-4-6-8-9(2)7-5-3-1/h1H. The maximum absolute atomic E-state index is 3.56. The van der Waals surface area contributed by atoms with Crippen LogP contribution in [0.3, 0.4) is 0 Å². The highest BCUT2D eigenvalue weighted by Crippen LogP contribution is 1.82. The summed E-state index contributed by atoms with van der Waals surface area (Å²) in [6, 6.07) is 0. The minimum absolute atomic E-state index is 0.491. The first-order chi connectivity index (χ1) is 4.47. The van der Waals surface area contributed by atoms with Crippen molar-refractivity contribution >= 4 is 5.65 Å². The van der Waals surface area contributed by atoms with Crippen molar-refractivity contribution in [1.29, 1.82) is 0 Å². The third-order valence-corrected chi connectivity index (χ3v) is 0.826. The van der Waals surface area contributed by atoms with Crippen molar-refractivity contribution in [2.45, 2.75) is 0 Å². The Labute approximate surface area is 48.7 Å². The quantitative estimate of drug-likeness (QED) is 0.415. The summed E-state index contributed by atoms with van der Waals surface area (Å²) in [6.07, 6.45) is 1.42. The van der Waals surface area contributed by atoms with Crippen LogP contribution in [0.15, 0.2) is 6.20 Å². The van der Waals surface area contributed by atoms with E-state index in [2.05, 4.69) is 31.1 Å². The Kier molecular flexibility index (Phi) is 0.663. The lowest BCUT2D eigenvalue weighted by molar-refractivity contribution is 0.640. The zero-order valence-electron chi connectivity index (χ0n) is 4.21. The first-order valence-electron chi connectivity index (χ1n) is 2.19. The summed E-state index contributed by atoms with van der Waals surface area (Å²) in [5, 5.41) is 20.6. The molecule has 0 fully saturated rings. The number of nitrogens with zero attached hydrogens (tertiary/aromatic N) is 7. The third kappa shape index (κ3) is 0.507. The molecule has 44 valence electrons. The van der Waals surface area contributed by atoms with Crippen LogP contribution in [0.4, 0.5) is 0 Å². The van der Waals surface area contributed by atoms with Crippen LogP contribution in [0.1, 0.15) is 0 Å². The molecule has 0 bridgehead atoms. The summed E-state index contributed by atoms with van der Waals surface area (Å²) in [5.41, 5.74) is 0.491. The van der Waals surface area contributed by atoms with Crippen LogP contribution >= 0.6 is 0 Å². The normalized spacial score (nSPS) is 10.2. The fourth-order valence-corrected chi connectivity index (χ4v) is 0.469. The molecule has 9 heavy (non-hydrogen) atoms. The Hall–Kier alpha value is -1.66. The van der Waals surface area contributed by atoms with E-state index in [-0.39, 0.29) is 0 Å². The molecule has 7 nitrogen and oxygen atoms in total. The van der Waals surface area contributed by atoms with Gasteiger partial charge in [0.2, 0.25) is 5.65 Å². The number of aromatic nitrogens is 7. The Bertz CT molecular complexity index is 281. The molecule has 0 aliphatic rings. The van der Waals surface area contributed by atoms with Crippen molar-refractivity contribution in [3.05, 3.63) is 6.20 Å². The largest absolute Gasteiger partial charge is 0.221 e. The number of fused-ring (bicyclic) bond motifs is 1. The zero-order valence-corrected chi connectivity index (χ0v) is 4.21. The fraction of sp³-hybridized carbons (Fsp3) is 0. The Morgan fingerprint density at radius 3 is 3.00 bits per heavy atom. The van der Waals surface area contributed by atoms with Gasteiger partial charge >= 0.3 is 0 Å². The zero-order chi connectivity index (χ0) is 6.10. The van der Waals surface area contributed by atoms with Crippen molar-refractivity contribution in [2.24, 2.45) is 0 Å². The van der Waals surface area contributed by atoms with Crippen molar-refractivity contribution in [2.75, 3.05) is 0 Å². The van der Waals surface area contributed by atoms with E-state index < -0.39 is 0 Å². The molecule has 0 amide bonds. The van der Waals surface area contributed by atoms with Gasteiger partial charge in [0, 0.05) is 0 Å². The summed E-state index contributed by atoms with van der Waals surface area (Å²) >= 11 is 0. The Morgan fingerprint density at radius 2 is 2.11 bits per heavy atom. The second-order valence-electron chi connectivity index (χ2n) is 1.35. The summed E-state index contributed by atoms with van der Waals surface area (Å²) in [4.78, 5) is 0. The summed E-state index contributed by atoms with van der Waals surface area (Å²) in [5.74, 6) is 0. The van der Waals surface area contributed by atoms with E-state index in [1.807, 2.05) is 0 Å². The molecular formula is C2HN7. The topological polar surface area (TPSA) is 81.8 Å². The van der Waals surface area contributed by atoms with E-state index in [9.17, 15) is 0 Å². The maximum Gasteiger partial charge on any atom is 0.221 e. The van der Waals surface area contributed by atoms with Crippen molar-refractivity contribution in [3.63, 3.8) is 0 Å². The predicted molar refractivity (Wildman–Crippen MR) is 24.2 cm³/mol. The average molecular weight is 123 g/mol. The first kappa shape index (κ1) is 4.24. The Balaban J connectivity index is 2.95. The SMILES string of the molecule is c1nnnn2nnnc12. The van der Waals surface area contributed by atoms with Gasteiger partial charge in [-0.05, 0) is 20.9 Å². The van der Waals surface area contributed by atoms with Crippen LogP contribution in [0.5, 0.6) is 0 Å². The molecule has 0 aliphatic carbocycles. The molecule has 0 radical (unpaired) electrons. The van der Waals surface area contributed by atoms with Gasteiger partial charge in [-0.25, -0.2) is 0 Å². The molecule has 0 unspecified atom stereocenters. The molecule has 2 aromatic rings. The molecule has 0 saturated carbocycles. The lowest BCUT2D eigenvalue weighted by Gasteiger charge is -1.78. The number of hydrogen-bond acceptors (Lipinski definition) is 6. The highest BCUT2D eigenvalue weighted by molar-refractivity contribution is 5.26. The molecule has 0 N–H and O–H groups in total. The lowest BCUT2D eigenvalue weighted by atomic mass is 10.8. The first-order valence-corrected chi connectivity index (χ1v) is 2.19. The maximum atomic E-state index is 3.56. The number of hydrogen-bond donors (Lipinski definition) is 0. The van der Waals surface area contributed by atoms with Crippen LogP contribution in [-0.2, 0) is 0 Å². The minimum atomic E-state index is 0.491. The number of tetrazole rings is 1. The fourth-order valence-electron chi connectivity index (χ4n) is 0.469. The van der Waals surface area contributed by atoms with E-state index >= 15 is 0 Å². The van der Waals surface area contributed by atoms with E-state index in [0.29, 0.717) is 5.65 Å². The smallest absolute Gasteiger partial charge is 0.133 e. The number of rotatable bonds is 0. The summed E-state index contributed by atoms with van der Waals surface area (Å²) in [6.45, 7) is 0. The van der Waals surface area contributed by atoms with Crippen LogP contribution in [0.2, 0.25) is 0 Å². The van der Waals surface area contributed by atoms with Gasteiger partial charge in [0.15, 0.2) is 0 Å². The van der Waals surface area contributed by atoms with Gasteiger partial charge < -0.3 is 0 Å². The highest BCUT2D eigenvalue weighted by Gasteiger charge is 1.92. The molecule has 2 aromatic heterocycles. The van der Waals surface area contributed by atoms with Gasteiger partial charge in [-0.3, -0.25) is 0 Å². The van der Waals surface area contributed by atoms with Gasteiger partial charge in [-0.2, -0.15) is 0 Å². The minimum Gasteiger partial charge on any atom is -0.133 e. The lowest BCUT2D eigenvalue weighted by Crippen LogP contribution is -1.97. The molecule has 2 heterocycles. The molecule has 0 aromatic carbocycles. The Morgan fingerprint density at radius 1 is 1.22 bits per heavy atom. The van der Waals surface area contributed by atoms with Gasteiger partial charge in [0.05, 0.1) is 0 Å². The van der Waals surface area contributed by atoms with E-state index in [0.717, 1.165) is 0 Å². The second-order valence-corrected chi connectivity index (χ2v) is 1.35. The van der Waals surface area contributed by atoms with Crippen LogP contribution in [0.25, 0.3) is 5.65 Å². The average Bonchev–Trinajstić information content (AvgIpc) is 2.33. The van der Waals surface area contributed by atoms with Crippen molar-refractivity contribution in [3.8, 4) is 0 Å². The van der Waals surface area contributed by atoms with Crippen molar-refractivity contribution < 1.29 is 0 Å². The van der Waals surface area contributed by atoms with E-state index in [4.69, 9.17) is 0 Å². The highest BCUT2D eigenvalue weighted by atomic mass is 15.6. The molecule has 0 aliphatic heterocycles. The predicted octanol–water partition coefficient (Wildman–Crippen LogP) is -1.69. The van der Waals surface area contributed by atoms with Gasteiger partial charge in [0.25, 0.3) is 0 Å². The van der Waals surface area contributed by atoms with E-state index in [1.54, 1.807) is 0 Å². The van der Waals surface area contributed by atoms with Gasteiger partial charge in [-0.15, -0.1) is 10.2 Å². The second kappa shape index (κ2) is 1.41. The molecule has 2 rings (SSSR count). The molecule has 7 heteroatoms. The summed E-state index contributed by atoms with van der Waals surface area (Å²) < 4.78 is 1.19. The third-order valence-electron chi connectivity index (χ3n) is 0.826. The molecule has 0 saturated heterocycles. The monoisotopic (exact) mass is 123 g/mol. The van der Waals surface area contributed by atoms with Gasteiger partial charge in [-0.1, -0.05) is 4.63 Å². The molecule has 0 spiro atoms. The molecule has 0 atom stereocenters. The van der Waals surface area contributed by atoms with Crippen LogP contribution in [-0.4, -0.2) is 35.7 Å². The van der Waals surface area contributed by atoms with E-state index in [1.165, 1.54) is 10.8 Å². The summed E-state index contributed by atoms with van der Waals surface area (Å²) in [7, 11) is 0. The van der Waals surface area contributed by atoms with Gasteiger partial charge in [0.1, 0.15) is 6.20 Å². The van der Waals surface area contributed by atoms with Crippen molar-refractivity contribution in [1.82, 2.24) is 35.7 Å². The van der Waals surface area contributed by atoms with Crippen LogP contribution in [0, 0.1) is 0 Å². The van der Waals surface area contributed by atoms with Crippen LogP contribution < -0.4 is 0 Å². The molecular weight excluding hydrogens is 122 g/mol.